The maximum Gasteiger partial charge on any atom is 0.407 e. The first kappa shape index (κ1) is 18.8. The van der Waals surface area contributed by atoms with Crippen LogP contribution in [0.5, 0.6) is 11.5 Å². The van der Waals surface area contributed by atoms with Crippen molar-refractivity contribution in [3.8, 4) is 11.5 Å². The predicted molar refractivity (Wildman–Crippen MR) is 109 cm³/mol. The van der Waals surface area contributed by atoms with Gasteiger partial charge < -0.3 is 24.4 Å². The largest absolute Gasteiger partial charge is 0.493 e. The van der Waals surface area contributed by atoms with E-state index in [2.05, 4.69) is 14.9 Å². The number of ether oxygens (including phenoxy) is 2. The fraction of sp³-hybridized carbons (Fsp3) is 0.286. The molecule has 8 nitrogen and oxygen atoms in total. The van der Waals surface area contributed by atoms with Crippen LogP contribution in [-0.4, -0.2) is 59.4 Å². The average molecular weight is 394 g/mol. The van der Waals surface area contributed by atoms with Crippen LogP contribution in [0.25, 0.3) is 10.9 Å². The summed E-state index contributed by atoms with van der Waals surface area (Å²) < 4.78 is 11.5. The van der Waals surface area contributed by atoms with Gasteiger partial charge in [0.1, 0.15) is 18.8 Å². The molecule has 1 fully saturated rings. The summed E-state index contributed by atoms with van der Waals surface area (Å²) >= 11 is 0. The second-order valence-corrected chi connectivity index (χ2v) is 6.75. The number of carboxylic acid groups (broad SMARTS) is 1. The number of methoxy groups -OCH3 is 1. The molecule has 1 saturated heterocycles. The van der Waals surface area contributed by atoms with E-state index in [1.165, 1.54) is 11.2 Å². The molecule has 0 unspecified atom stereocenters. The van der Waals surface area contributed by atoms with E-state index in [1.807, 2.05) is 42.5 Å². The molecule has 1 aliphatic heterocycles. The molecule has 1 N–H and O–H groups in total. The molecule has 2 aromatic carbocycles. The summed E-state index contributed by atoms with van der Waals surface area (Å²) in [4.78, 5) is 23.5. The Kier molecular flexibility index (Phi) is 5.33. The fourth-order valence-corrected chi connectivity index (χ4v) is 3.42. The average Bonchev–Trinajstić information content (AvgIpc) is 2.77. The summed E-state index contributed by atoms with van der Waals surface area (Å²) in [7, 11) is 1.60. The normalized spacial score (nSPS) is 14.1. The minimum Gasteiger partial charge on any atom is -0.493 e. The molecule has 0 atom stereocenters. The molecule has 0 spiro atoms. The lowest BCUT2D eigenvalue weighted by atomic mass is 10.2. The molecule has 1 amide bonds. The van der Waals surface area contributed by atoms with E-state index in [9.17, 15) is 4.79 Å². The van der Waals surface area contributed by atoms with Gasteiger partial charge in [-0.1, -0.05) is 30.3 Å². The van der Waals surface area contributed by atoms with Crippen molar-refractivity contribution in [3.63, 3.8) is 0 Å². The maximum atomic E-state index is 11.1. The van der Waals surface area contributed by atoms with E-state index < -0.39 is 6.09 Å². The van der Waals surface area contributed by atoms with E-state index in [-0.39, 0.29) is 0 Å². The summed E-state index contributed by atoms with van der Waals surface area (Å²) in [6.45, 7) is 2.46. The highest BCUT2D eigenvalue weighted by atomic mass is 16.5. The lowest BCUT2D eigenvalue weighted by Gasteiger charge is -2.34. The van der Waals surface area contributed by atoms with Crippen molar-refractivity contribution < 1.29 is 19.4 Å². The van der Waals surface area contributed by atoms with E-state index in [0.29, 0.717) is 44.3 Å². The molecular formula is C21H22N4O4. The third kappa shape index (κ3) is 4.01. The number of aromatic nitrogens is 2. The van der Waals surface area contributed by atoms with Crippen LogP contribution in [0.2, 0.25) is 0 Å². The van der Waals surface area contributed by atoms with Gasteiger partial charge in [-0.2, -0.15) is 0 Å². The number of hydrogen-bond donors (Lipinski definition) is 1. The number of piperazine rings is 1. The van der Waals surface area contributed by atoms with E-state index >= 15 is 0 Å². The quantitative estimate of drug-likeness (QED) is 0.712. The van der Waals surface area contributed by atoms with Crippen molar-refractivity contribution in [1.29, 1.82) is 0 Å². The van der Waals surface area contributed by atoms with Crippen molar-refractivity contribution >= 4 is 22.8 Å². The fourth-order valence-electron chi connectivity index (χ4n) is 3.42. The molecule has 0 aliphatic carbocycles. The molecule has 4 rings (SSSR count). The van der Waals surface area contributed by atoms with Crippen LogP contribution in [0.4, 0.5) is 10.6 Å². The summed E-state index contributed by atoms with van der Waals surface area (Å²) in [5, 5.41) is 10.00. The van der Waals surface area contributed by atoms with Crippen LogP contribution < -0.4 is 14.4 Å². The molecule has 29 heavy (non-hydrogen) atoms. The van der Waals surface area contributed by atoms with Crippen LogP contribution in [-0.2, 0) is 6.61 Å². The standard InChI is InChI=1S/C21H22N4O4/c1-28-18-11-16-17(12-19(18)29-13-15-5-3-2-4-6-15)22-14-23-20(16)24-7-9-25(10-8-24)21(26)27/h2-6,11-12,14H,7-10,13H2,1H3,(H,26,27). The Morgan fingerprint density at radius 3 is 2.52 bits per heavy atom. The zero-order valence-electron chi connectivity index (χ0n) is 16.1. The summed E-state index contributed by atoms with van der Waals surface area (Å²) in [5.74, 6) is 1.99. The monoisotopic (exact) mass is 394 g/mol. The van der Waals surface area contributed by atoms with Crippen LogP contribution in [0.3, 0.4) is 0 Å². The Labute approximate surface area is 168 Å². The van der Waals surface area contributed by atoms with Crippen LogP contribution in [0, 0.1) is 0 Å². The number of amides is 1. The number of nitrogens with zero attached hydrogens (tertiary/aromatic N) is 4. The lowest BCUT2D eigenvalue weighted by molar-refractivity contribution is 0.142. The number of carbonyl (C=O) groups is 1. The van der Waals surface area contributed by atoms with Crippen LogP contribution in [0.1, 0.15) is 5.56 Å². The third-order valence-corrected chi connectivity index (χ3v) is 4.99. The minimum atomic E-state index is -0.890. The first-order valence-electron chi connectivity index (χ1n) is 9.38. The van der Waals surface area contributed by atoms with Gasteiger partial charge in [-0.3, -0.25) is 0 Å². The van der Waals surface area contributed by atoms with E-state index in [4.69, 9.17) is 14.6 Å². The van der Waals surface area contributed by atoms with E-state index in [1.54, 1.807) is 7.11 Å². The SMILES string of the molecule is COc1cc2c(N3CCN(C(=O)O)CC3)ncnc2cc1OCc1ccccc1. The predicted octanol–water partition coefficient (Wildman–Crippen LogP) is 3.02. The molecule has 150 valence electrons. The Balaban J connectivity index is 1.60. The van der Waals surface area contributed by atoms with Gasteiger partial charge in [0.25, 0.3) is 0 Å². The van der Waals surface area contributed by atoms with Gasteiger partial charge in [-0.15, -0.1) is 0 Å². The second-order valence-electron chi connectivity index (χ2n) is 6.75. The number of fused-ring (bicyclic) bond motifs is 1. The number of benzene rings is 2. The summed E-state index contributed by atoms with van der Waals surface area (Å²) in [6, 6.07) is 13.7. The first-order valence-corrected chi connectivity index (χ1v) is 9.38. The number of anilines is 1. The Bertz CT molecular complexity index is 1000. The molecule has 1 aliphatic rings. The zero-order chi connectivity index (χ0) is 20.2. The van der Waals surface area contributed by atoms with Gasteiger partial charge in [0.2, 0.25) is 0 Å². The zero-order valence-corrected chi connectivity index (χ0v) is 16.1. The third-order valence-electron chi connectivity index (χ3n) is 4.99. The molecule has 8 heteroatoms. The topological polar surface area (TPSA) is 88.0 Å². The minimum absolute atomic E-state index is 0.428. The summed E-state index contributed by atoms with van der Waals surface area (Å²) in [6.07, 6.45) is 0.633. The highest BCUT2D eigenvalue weighted by molar-refractivity contribution is 5.92. The Hall–Kier alpha value is -3.55. The molecule has 1 aromatic heterocycles. The maximum absolute atomic E-state index is 11.1. The van der Waals surface area contributed by atoms with E-state index in [0.717, 1.165) is 22.3 Å². The van der Waals surface area contributed by atoms with Gasteiger partial charge in [-0.05, 0) is 11.6 Å². The highest BCUT2D eigenvalue weighted by Gasteiger charge is 2.23. The molecule has 0 bridgehead atoms. The van der Waals surface area contributed by atoms with Crippen LogP contribution >= 0.6 is 0 Å². The number of rotatable bonds is 5. The molecular weight excluding hydrogens is 372 g/mol. The molecule has 0 saturated carbocycles. The van der Waals surface area contributed by atoms with Crippen molar-refractivity contribution in [2.75, 3.05) is 38.2 Å². The lowest BCUT2D eigenvalue weighted by Crippen LogP contribution is -2.48. The molecule has 2 heterocycles. The Morgan fingerprint density at radius 1 is 1.07 bits per heavy atom. The van der Waals surface area contributed by atoms with Crippen molar-refractivity contribution in [2.45, 2.75) is 6.61 Å². The van der Waals surface area contributed by atoms with Gasteiger partial charge in [-0.25, -0.2) is 14.8 Å². The van der Waals surface area contributed by atoms with Crippen molar-refractivity contribution in [2.24, 2.45) is 0 Å². The summed E-state index contributed by atoms with van der Waals surface area (Å²) in [5.41, 5.74) is 1.81. The molecule has 3 aromatic rings. The number of hydrogen-bond acceptors (Lipinski definition) is 6. The van der Waals surface area contributed by atoms with Gasteiger partial charge in [0.15, 0.2) is 11.5 Å². The van der Waals surface area contributed by atoms with Crippen molar-refractivity contribution in [1.82, 2.24) is 14.9 Å². The highest BCUT2D eigenvalue weighted by Crippen LogP contribution is 2.35. The van der Waals surface area contributed by atoms with Gasteiger partial charge in [0.05, 0.1) is 12.6 Å². The molecule has 0 radical (unpaired) electrons. The second kappa shape index (κ2) is 8.22. The van der Waals surface area contributed by atoms with Crippen LogP contribution in [0.15, 0.2) is 48.8 Å². The first-order chi connectivity index (χ1) is 14.2. The van der Waals surface area contributed by atoms with Crippen molar-refractivity contribution in [3.05, 3.63) is 54.4 Å². The van der Waals surface area contributed by atoms with Gasteiger partial charge in [0, 0.05) is 37.6 Å². The Morgan fingerprint density at radius 2 is 1.83 bits per heavy atom. The smallest absolute Gasteiger partial charge is 0.407 e. The van der Waals surface area contributed by atoms with Gasteiger partial charge >= 0.3 is 6.09 Å².